The Bertz CT molecular complexity index is 292. The summed E-state index contributed by atoms with van der Waals surface area (Å²) in [6, 6.07) is 0.508. The first-order chi connectivity index (χ1) is 9.24. The molecule has 0 aromatic rings. The van der Waals surface area contributed by atoms with Gasteiger partial charge in [0.1, 0.15) is 0 Å². The Hall–Kier alpha value is -0.770. The number of hydrogen-bond acceptors (Lipinski definition) is 2. The SMILES string of the molecule is NC(=NCC1(CO)CCCCC1)NC1CCCCC1. The van der Waals surface area contributed by atoms with Crippen LogP contribution in [0.15, 0.2) is 4.99 Å². The lowest BCUT2D eigenvalue weighted by Gasteiger charge is -2.34. The second-order valence-corrected chi connectivity index (χ2v) is 6.40. The van der Waals surface area contributed by atoms with E-state index in [0.29, 0.717) is 18.5 Å². The van der Waals surface area contributed by atoms with E-state index in [-0.39, 0.29) is 12.0 Å². The summed E-state index contributed by atoms with van der Waals surface area (Å²) in [5, 5.41) is 13.0. The molecule has 0 aromatic carbocycles. The monoisotopic (exact) mass is 267 g/mol. The number of nitrogens with two attached hydrogens (primary N) is 1. The van der Waals surface area contributed by atoms with Gasteiger partial charge in [0.15, 0.2) is 5.96 Å². The largest absolute Gasteiger partial charge is 0.396 e. The summed E-state index contributed by atoms with van der Waals surface area (Å²) >= 11 is 0. The predicted octanol–water partition coefficient (Wildman–Crippen LogP) is 2.17. The molecule has 0 atom stereocenters. The molecule has 2 fully saturated rings. The van der Waals surface area contributed by atoms with E-state index in [0.717, 1.165) is 12.8 Å². The van der Waals surface area contributed by atoms with Crippen molar-refractivity contribution in [1.29, 1.82) is 0 Å². The van der Waals surface area contributed by atoms with Gasteiger partial charge in [0.05, 0.1) is 13.2 Å². The van der Waals surface area contributed by atoms with Crippen LogP contribution in [0.2, 0.25) is 0 Å². The van der Waals surface area contributed by atoms with Gasteiger partial charge in [-0.05, 0) is 25.7 Å². The molecule has 0 unspecified atom stereocenters. The molecule has 19 heavy (non-hydrogen) atoms. The minimum atomic E-state index is -0.00286. The lowest BCUT2D eigenvalue weighted by molar-refractivity contribution is 0.0907. The first-order valence-electron chi connectivity index (χ1n) is 7.91. The van der Waals surface area contributed by atoms with E-state index in [9.17, 15) is 5.11 Å². The Morgan fingerprint density at radius 3 is 2.37 bits per heavy atom. The number of nitrogens with one attached hydrogen (secondary N) is 1. The van der Waals surface area contributed by atoms with Gasteiger partial charge in [-0.3, -0.25) is 4.99 Å². The molecule has 110 valence electrons. The van der Waals surface area contributed by atoms with Crippen LogP contribution in [-0.4, -0.2) is 30.3 Å². The maximum atomic E-state index is 9.65. The van der Waals surface area contributed by atoms with Crippen LogP contribution in [0.3, 0.4) is 0 Å². The minimum absolute atomic E-state index is 0.00286. The molecule has 0 radical (unpaired) electrons. The van der Waals surface area contributed by atoms with Crippen LogP contribution in [0.1, 0.15) is 64.2 Å². The zero-order chi connectivity index (χ0) is 13.6. The Kier molecular flexibility index (Phi) is 5.49. The van der Waals surface area contributed by atoms with Crippen molar-refractivity contribution in [3.8, 4) is 0 Å². The zero-order valence-corrected chi connectivity index (χ0v) is 12.0. The molecule has 0 heterocycles. The summed E-state index contributed by atoms with van der Waals surface area (Å²) in [5.74, 6) is 0.574. The van der Waals surface area contributed by atoms with Gasteiger partial charge in [0.2, 0.25) is 0 Å². The number of aliphatic imine (C=N–C) groups is 1. The molecule has 4 nitrogen and oxygen atoms in total. The van der Waals surface area contributed by atoms with E-state index in [1.165, 1.54) is 51.4 Å². The molecular weight excluding hydrogens is 238 g/mol. The molecular formula is C15H29N3O. The van der Waals surface area contributed by atoms with Gasteiger partial charge < -0.3 is 16.2 Å². The molecule has 2 aliphatic rings. The number of rotatable bonds is 4. The topological polar surface area (TPSA) is 70.6 Å². The molecule has 2 aliphatic carbocycles. The first-order valence-corrected chi connectivity index (χ1v) is 7.91. The zero-order valence-electron chi connectivity index (χ0n) is 12.0. The predicted molar refractivity (Wildman–Crippen MR) is 79.1 cm³/mol. The molecule has 0 aliphatic heterocycles. The van der Waals surface area contributed by atoms with Crippen molar-refractivity contribution in [2.45, 2.75) is 70.3 Å². The quantitative estimate of drug-likeness (QED) is 0.540. The van der Waals surface area contributed by atoms with Crippen LogP contribution in [0.5, 0.6) is 0 Å². The smallest absolute Gasteiger partial charge is 0.188 e. The number of aliphatic hydroxyl groups is 1. The summed E-state index contributed by atoms with van der Waals surface area (Å²) in [6.07, 6.45) is 12.3. The molecule has 0 bridgehead atoms. The number of hydrogen-bond donors (Lipinski definition) is 3. The maximum Gasteiger partial charge on any atom is 0.188 e. The third kappa shape index (κ3) is 4.37. The second kappa shape index (κ2) is 7.13. The van der Waals surface area contributed by atoms with Crippen LogP contribution in [0.4, 0.5) is 0 Å². The average Bonchev–Trinajstić information content (AvgIpc) is 2.47. The van der Waals surface area contributed by atoms with Gasteiger partial charge in [0.25, 0.3) is 0 Å². The van der Waals surface area contributed by atoms with Crippen molar-refractivity contribution in [3.05, 3.63) is 0 Å². The van der Waals surface area contributed by atoms with E-state index in [2.05, 4.69) is 10.3 Å². The van der Waals surface area contributed by atoms with E-state index < -0.39 is 0 Å². The minimum Gasteiger partial charge on any atom is -0.396 e. The standard InChI is InChI=1S/C15H29N3O/c16-14(18-13-7-3-1-4-8-13)17-11-15(12-19)9-5-2-6-10-15/h13,19H,1-12H2,(H3,16,17,18). The number of nitrogens with zero attached hydrogens (tertiary/aromatic N) is 1. The average molecular weight is 267 g/mol. The maximum absolute atomic E-state index is 9.65. The first kappa shape index (κ1) is 14.6. The fourth-order valence-electron chi connectivity index (χ4n) is 3.42. The van der Waals surface area contributed by atoms with E-state index in [1.807, 2.05) is 0 Å². The Morgan fingerprint density at radius 2 is 1.74 bits per heavy atom. The normalized spacial score (nSPS) is 25.2. The molecule has 0 spiro atoms. The van der Waals surface area contributed by atoms with Crippen molar-refractivity contribution >= 4 is 5.96 Å². The molecule has 0 saturated heterocycles. The highest BCUT2D eigenvalue weighted by Crippen LogP contribution is 2.36. The third-order valence-corrected chi connectivity index (χ3v) is 4.79. The van der Waals surface area contributed by atoms with E-state index in [4.69, 9.17) is 5.73 Å². The lowest BCUT2D eigenvalue weighted by atomic mass is 9.75. The van der Waals surface area contributed by atoms with Crippen molar-refractivity contribution in [2.75, 3.05) is 13.2 Å². The molecule has 2 rings (SSSR count). The molecule has 0 aromatic heterocycles. The third-order valence-electron chi connectivity index (χ3n) is 4.79. The highest BCUT2D eigenvalue weighted by Gasteiger charge is 2.31. The number of guanidine groups is 1. The van der Waals surface area contributed by atoms with Crippen LogP contribution in [0.25, 0.3) is 0 Å². The van der Waals surface area contributed by atoms with Crippen LogP contribution in [0, 0.1) is 5.41 Å². The molecule has 4 heteroatoms. The highest BCUT2D eigenvalue weighted by molar-refractivity contribution is 5.78. The van der Waals surface area contributed by atoms with Crippen molar-refractivity contribution in [3.63, 3.8) is 0 Å². The Balaban J connectivity index is 1.81. The van der Waals surface area contributed by atoms with Gasteiger partial charge >= 0.3 is 0 Å². The molecule has 0 amide bonds. The van der Waals surface area contributed by atoms with Gasteiger partial charge in [-0.15, -0.1) is 0 Å². The summed E-state index contributed by atoms with van der Waals surface area (Å²) in [6.45, 7) is 0.919. The van der Waals surface area contributed by atoms with Crippen LogP contribution in [-0.2, 0) is 0 Å². The summed E-state index contributed by atoms with van der Waals surface area (Å²) in [5.41, 5.74) is 5.99. The fourth-order valence-corrected chi connectivity index (χ4v) is 3.42. The second-order valence-electron chi connectivity index (χ2n) is 6.40. The van der Waals surface area contributed by atoms with Crippen LogP contribution >= 0.6 is 0 Å². The number of aliphatic hydroxyl groups excluding tert-OH is 1. The fraction of sp³-hybridized carbons (Fsp3) is 0.933. The molecule has 4 N–H and O–H groups in total. The Morgan fingerprint density at radius 1 is 1.11 bits per heavy atom. The molecule has 2 saturated carbocycles. The summed E-state index contributed by atoms with van der Waals surface area (Å²) in [4.78, 5) is 4.51. The Labute approximate surface area is 116 Å². The van der Waals surface area contributed by atoms with Gasteiger partial charge in [-0.25, -0.2) is 0 Å². The lowest BCUT2D eigenvalue weighted by Crippen LogP contribution is -2.42. The van der Waals surface area contributed by atoms with E-state index in [1.54, 1.807) is 0 Å². The van der Waals surface area contributed by atoms with Gasteiger partial charge in [-0.2, -0.15) is 0 Å². The van der Waals surface area contributed by atoms with Crippen molar-refractivity contribution in [2.24, 2.45) is 16.1 Å². The van der Waals surface area contributed by atoms with Gasteiger partial charge in [0, 0.05) is 11.5 Å². The van der Waals surface area contributed by atoms with E-state index >= 15 is 0 Å². The van der Waals surface area contributed by atoms with Gasteiger partial charge in [-0.1, -0.05) is 38.5 Å². The summed E-state index contributed by atoms with van der Waals surface area (Å²) < 4.78 is 0. The highest BCUT2D eigenvalue weighted by atomic mass is 16.3. The van der Waals surface area contributed by atoms with Crippen molar-refractivity contribution in [1.82, 2.24) is 5.32 Å². The summed E-state index contributed by atoms with van der Waals surface area (Å²) in [7, 11) is 0. The van der Waals surface area contributed by atoms with Crippen molar-refractivity contribution < 1.29 is 5.11 Å². The van der Waals surface area contributed by atoms with Crippen LogP contribution < -0.4 is 11.1 Å².